The Balaban J connectivity index is 1.67. The van der Waals surface area contributed by atoms with Gasteiger partial charge in [0.15, 0.2) is 0 Å². The van der Waals surface area contributed by atoms with E-state index in [4.69, 9.17) is 4.42 Å². The Kier molecular flexibility index (Phi) is 3.80. The molecule has 2 aromatic carbocycles. The minimum Gasteiger partial charge on any atom is -0.442 e. The fourth-order valence-electron chi connectivity index (χ4n) is 3.16. The van der Waals surface area contributed by atoms with E-state index in [1.807, 2.05) is 43.3 Å². The van der Waals surface area contributed by atoms with E-state index < -0.39 is 5.56 Å². The number of hydrogen-bond acceptors (Lipinski definition) is 4. The highest BCUT2D eigenvalue weighted by molar-refractivity contribution is 6.06. The highest BCUT2D eigenvalue weighted by atomic mass is 16.3. The number of aryl methyl sites for hydroxylation is 1. The molecular formula is C20H17N3O3. The summed E-state index contributed by atoms with van der Waals surface area (Å²) in [5.41, 5.74) is 0.974. The molecule has 0 unspecified atom stereocenters. The molecule has 1 atom stereocenters. The third kappa shape index (κ3) is 2.65. The second-order valence-corrected chi connectivity index (χ2v) is 6.25. The van der Waals surface area contributed by atoms with Crippen molar-refractivity contribution in [2.24, 2.45) is 0 Å². The molecule has 0 saturated carbocycles. The Morgan fingerprint density at radius 3 is 2.77 bits per heavy atom. The van der Waals surface area contributed by atoms with E-state index >= 15 is 0 Å². The number of fused-ring (bicyclic) bond motifs is 2. The van der Waals surface area contributed by atoms with Crippen LogP contribution in [-0.2, 0) is 0 Å². The largest absolute Gasteiger partial charge is 0.442 e. The van der Waals surface area contributed by atoms with Crippen molar-refractivity contribution in [3.63, 3.8) is 0 Å². The summed E-state index contributed by atoms with van der Waals surface area (Å²) in [5.74, 6) is 0.00724. The summed E-state index contributed by atoms with van der Waals surface area (Å²) in [7, 11) is 0. The first-order valence-corrected chi connectivity index (χ1v) is 8.31. The molecule has 4 rings (SSSR count). The van der Waals surface area contributed by atoms with Gasteiger partial charge in [-0.25, -0.2) is 4.98 Å². The molecule has 4 aromatic rings. The lowest BCUT2D eigenvalue weighted by Crippen LogP contribution is -2.28. The minimum absolute atomic E-state index is 0.162. The molecule has 0 aliphatic rings. The molecule has 0 radical (unpaired) electrons. The minimum atomic E-state index is -0.393. The second kappa shape index (κ2) is 6.15. The number of hydrogen-bond donors (Lipinski definition) is 2. The molecule has 2 N–H and O–H groups in total. The van der Waals surface area contributed by atoms with Crippen LogP contribution in [0.5, 0.6) is 0 Å². The standard InChI is InChI=1S/C20H17N3O3/c1-11(14-8-7-13-5-3-4-6-15(13)9-14)23-19(25)16-12(2)26-20-17(16)18(24)21-10-22-20/h3-11H,1-2H3,(H,23,25)(H,21,22,24)/t11-/m0/s1. The molecule has 2 aromatic heterocycles. The van der Waals surface area contributed by atoms with Crippen molar-refractivity contribution in [1.29, 1.82) is 0 Å². The number of carbonyl (C=O) groups is 1. The number of rotatable bonds is 3. The molecule has 0 aliphatic heterocycles. The van der Waals surface area contributed by atoms with E-state index in [-0.39, 0.29) is 28.6 Å². The van der Waals surface area contributed by atoms with Gasteiger partial charge in [-0.05, 0) is 36.2 Å². The summed E-state index contributed by atoms with van der Waals surface area (Å²) < 4.78 is 5.45. The van der Waals surface area contributed by atoms with Gasteiger partial charge in [0.2, 0.25) is 5.71 Å². The summed E-state index contributed by atoms with van der Waals surface area (Å²) >= 11 is 0. The fraction of sp³-hybridized carbons (Fsp3) is 0.150. The van der Waals surface area contributed by atoms with Crippen molar-refractivity contribution >= 4 is 27.8 Å². The zero-order valence-corrected chi connectivity index (χ0v) is 14.4. The van der Waals surface area contributed by atoms with Gasteiger partial charge in [-0.15, -0.1) is 0 Å². The number of nitrogens with zero attached hydrogens (tertiary/aromatic N) is 1. The van der Waals surface area contributed by atoms with E-state index in [9.17, 15) is 9.59 Å². The first-order valence-electron chi connectivity index (χ1n) is 8.31. The van der Waals surface area contributed by atoms with Gasteiger partial charge in [-0.1, -0.05) is 36.4 Å². The quantitative estimate of drug-likeness (QED) is 0.594. The predicted octanol–water partition coefficient (Wildman–Crippen LogP) is 3.47. The highest BCUT2D eigenvalue weighted by Gasteiger charge is 2.23. The molecule has 0 saturated heterocycles. The molecule has 0 spiro atoms. The maximum Gasteiger partial charge on any atom is 0.262 e. The Bertz CT molecular complexity index is 1190. The smallest absolute Gasteiger partial charge is 0.262 e. The summed E-state index contributed by atoms with van der Waals surface area (Å²) in [4.78, 5) is 31.3. The van der Waals surface area contributed by atoms with Gasteiger partial charge < -0.3 is 14.7 Å². The molecule has 0 bridgehead atoms. The molecule has 26 heavy (non-hydrogen) atoms. The Morgan fingerprint density at radius 2 is 1.96 bits per heavy atom. The van der Waals surface area contributed by atoms with Crippen molar-refractivity contribution in [2.75, 3.05) is 0 Å². The van der Waals surface area contributed by atoms with Gasteiger partial charge in [-0.3, -0.25) is 9.59 Å². The first kappa shape index (κ1) is 16.1. The fourth-order valence-corrected chi connectivity index (χ4v) is 3.16. The van der Waals surface area contributed by atoms with Gasteiger partial charge in [-0.2, -0.15) is 0 Å². The number of benzene rings is 2. The van der Waals surface area contributed by atoms with Crippen molar-refractivity contribution < 1.29 is 9.21 Å². The average molecular weight is 347 g/mol. The SMILES string of the molecule is Cc1oc2nc[nH]c(=O)c2c1C(=O)N[C@@H](C)c1ccc2ccccc2c1. The number of H-pyrrole nitrogens is 1. The molecule has 0 aliphatic carbocycles. The van der Waals surface area contributed by atoms with Gasteiger partial charge in [0.25, 0.3) is 11.5 Å². The summed E-state index contributed by atoms with van der Waals surface area (Å²) in [6.45, 7) is 3.55. The third-order valence-electron chi connectivity index (χ3n) is 4.52. The maximum atomic E-state index is 12.8. The van der Waals surface area contributed by atoms with Gasteiger partial charge in [0.05, 0.1) is 17.9 Å². The van der Waals surface area contributed by atoms with Crippen molar-refractivity contribution in [1.82, 2.24) is 15.3 Å². The van der Waals surface area contributed by atoms with Crippen LogP contribution in [0, 0.1) is 6.92 Å². The number of furan rings is 1. The normalized spacial score (nSPS) is 12.4. The van der Waals surface area contributed by atoms with Crippen LogP contribution in [0.2, 0.25) is 0 Å². The van der Waals surface area contributed by atoms with E-state index in [0.717, 1.165) is 16.3 Å². The van der Waals surface area contributed by atoms with Crippen LogP contribution in [0.4, 0.5) is 0 Å². The van der Waals surface area contributed by atoms with E-state index in [1.165, 1.54) is 6.33 Å². The van der Waals surface area contributed by atoms with Gasteiger partial charge >= 0.3 is 0 Å². The lowest BCUT2D eigenvalue weighted by molar-refractivity contribution is 0.0939. The molecule has 130 valence electrons. The molecule has 6 heteroatoms. The lowest BCUT2D eigenvalue weighted by Gasteiger charge is -2.15. The third-order valence-corrected chi connectivity index (χ3v) is 4.52. The molecular weight excluding hydrogens is 330 g/mol. The highest BCUT2D eigenvalue weighted by Crippen LogP contribution is 2.23. The Hall–Kier alpha value is -3.41. The molecule has 2 heterocycles. The zero-order valence-electron chi connectivity index (χ0n) is 14.4. The Morgan fingerprint density at radius 1 is 1.19 bits per heavy atom. The van der Waals surface area contributed by atoms with E-state index in [1.54, 1.807) is 6.92 Å². The number of nitrogens with one attached hydrogen (secondary N) is 2. The number of amides is 1. The number of carbonyl (C=O) groups excluding carboxylic acids is 1. The van der Waals surface area contributed by atoms with Crippen LogP contribution < -0.4 is 10.9 Å². The number of aromatic nitrogens is 2. The van der Waals surface area contributed by atoms with Crippen LogP contribution in [-0.4, -0.2) is 15.9 Å². The van der Waals surface area contributed by atoms with Crippen LogP contribution in [0.1, 0.15) is 34.6 Å². The Labute approximate surface area is 148 Å². The van der Waals surface area contributed by atoms with Gasteiger partial charge in [0, 0.05) is 0 Å². The van der Waals surface area contributed by atoms with Crippen molar-refractivity contribution in [2.45, 2.75) is 19.9 Å². The topological polar surface area (TPSA) is 88.0 Å². The lowest BCUT2D eigenvalue weighted by atomic mass is 10.0. The average Bonchev–Trinajstić information content (AvgIpc) is 2.98. The summed E-state index contributed by atoms with van der Waals surface area (Å²) in [5, 5.41) is 5.37. The van der Waals surface area contributed by atoms with E-state index in [2.05, 4.69) is 21.4 Å². The zero-order chi connectivity index (χ0) is 18.3. The monoisotopic (exact) mass is 347 g/mol. The van der Waals surface area contributed by atoms with Crippen LogP contribution in [0.3, 0.4) is 0 Å². The summed E-state index contributed by atoms with van der Waals surface area (Å²) in [6, 6.07) is 13.9. The predicted molar refractivity (Wildman–Crippen MR) is 99.2 cm³/mol. The molecule has 1 amide bonds. The number of aromatic amines is 1. The van der Waals surface area contributed by atoms with Crippen molar-refractivity contribution in [3.05, 3.63) is 76.0 Å². The van der Waals surface area contributed by atoms with E-state index in [0.29, 0.717) is 5.76 Å². The molecule has 6 nitrogen and oxygen atoms in total. The van der Waals surface area contributed by atoms with Crippen LogP contribution in [0.25, 0.3) is 21.9 Å². The van der Waals surface area contributed by atoms with Crippen LogP contribution in [0.15, 0.2) is 58.0 Å². The van der Waals surface area contributed by atoms with Gasteiger partial charge in [0.1, 0.15) is 11.1 Å². The second-order valence-electron chi connectivity index (χ2n) is 6.25. The molecule has 0 fully saturated rings. The van der Waals surface area contributed by atoms with Crippen LogP contribution >= 0.6 is 0 Å². The first-order chi connectivity index (χ1) is 12.5. The van der Waals surface area contributed by atoms with Crippen molar-refractivity contribution in [3.8, 4) is 0 Å². The maximum absolute atomic E-state index is 12.8. The summed E-state index contributed by atoms with van der Waals surface area (Å²) in [6.07, 6.45) is 1.26.